The molecule has 0 aromatic heterocycles. The van der Waals surface area contributed by atoms with E-state index in [1.807, 2.05) is 6.92 Å². The summed E-state index contributed by atoms with van der Waals surface area (Å²) < 4.78 is 0. The van der Waals surface area contributed by atoms with Gasteiger partial charge >= 0.3 is 5.97 Å². The van der Waals surface area contributed by atoms with Crippen molar-refractivity contribution < 1.29 is 9.90 Å². The molecule has 0 aliphatic rings. The van der Waals surface area contributed by atoms with E-state index in [4.69, 9.17) is 28.3 Å². The van der Waals surface area contributed by atoms with Gasteiger partial charge in [-0.3, -0.25) is 4.79 Å². The topological polar surface area (TPSA) is 37.3 Å². The number of hydrogen-bond donors (Lipinski definition) is 1. The van der Waals surface area contributed by atoms with Crippen LogP contribution in [-0.4, -0.2) is 11.1 Å². The number of carboxylic acid groups (broad SMARTS) is 1. The van der Waals surface area contributed by atoms with Gasteiger partial charge in [0.2, 0.25) is 0 Å². The molecule has 0 saturated carbocycles. The van der Waals surface area contributed by atoms with Crippen molar-refractivity contribution in [2.75, 3.05) is 0 Å². The maximum atomic E-state index is 10.6. The molecule has 1 aromatic rings. The van der Waals surface area contributed by atoms with E-state index in [0.29, 0.717) is 10.0 Å². The van der Waals surface area contributed by atoms with E-state index in [0.717, 1.165) is 12.0 Å². The molecule has 0 fully saturated rings. The summed E-state index contributed by atoms with van der Waals surface area (Å²) >= 11 is 11.7. The maximum Gasteiger partial charge on any atom is 0.303 e. The van der Waals surface area contributed by atoms with E-state index in [-0.39, 0.29) is 12.3 Å². The molecule has 82 valence electrons. The van der Waals surface area contributed by atoms with Gasteiger partial charge in [0.1, 0.15) is 0 Å². The fraction of sp³-hybridized carbons (Fsp3) is 0.364. The molecular formula is C11H12Cl2O2. The molecule has 4 heteroatoms. The smallest absolute Gasteiger partial charge is 0.303 e. The Balaban J connectivity index is 2.95. The van der Waals surface area contributed by atoms with Crippen molar-refractivity contribution in [2.24, 2.45) is 0 Å². The Labute approximate surface area is 98.8 Å². The second-order valence-electron chi connectivity index (χ2n) is 3.41. The van der Waals surface area contributed by atoms with Crippen LogP contribution in [0.1, 0.15) is 31.2 Å². The molecule has 1 unspecified atom stereocenters. The van der Waals surface area contributed by atoms with Crippen molar-refractivity contribution in [2.45, 2.75) is 25.7 Å². The van der Waals surface area contributed by atoms with Gasteiger partial charge in [0.25, 0.3) is 0 Å². The SMILES string of the molecule is CCC(CC(=O)O)c1cc(Cl)cc(Cl)c1. The molecule has 1 atom stereocenters. The van der Waals surface area contributed by atoms with Gasteiger partial charge in [0.05, 0.1) is 6.42 Å². The van der Waals surface area contributed by atoms with Gasteiger partial charge in [0, 0.05) is 10.0 Å². The van der Waals surface area contributed by atoms with Gasteiger partial charge in [-0.2, -0.15) is 0 Å². The lowest BCUT2D eigenvalue weighted by Gasteiger charge is -2.13. The van der Waals surface area contributed by atoms with Crippen molar-refractivity contribution in [1.82, 2.24) is 0 Å². The molecule has 0 heterocycles. The molecule has 2 nitrogen and oxygen atoms in total. The predicted molar refractivity (Wildman–Crippen MR) is 61.7 cm³/mol. The van der Waals surface area contributed by atoms with Crippen LogP contribution < -0.4 is 0 Å². The monoisotopic (exact) mass is 246 g/mol. The molecule has 0 aliphatic carbocycles. The third-order valence-electron chi connectivity index (χ3n) is 2.27. The van der Waals surface area contributed by atoms with Crippen LogP contribution >= 0.6 is 23.2 Å². The Morgan fingerprint density at radius 3 is 2.27 bits per heavy atom. The van der Waals surface area contributed by atoms with E-state index < -0.39 is 5.97 Å². The first-order valence-corrected chi connectivity index (χ1v) is 5.46. The van der Waals surface area contributed by atoms with Crippen LogP contribution in [0.3, 0.4) is 0 Å². The second-order valence-corrected chi connectivity index (χ2v) is 4.28. The molecule has 15 heavy (non-hydrogen) atoms. The zero-order chi connectivity index (χ0) is 11.4. The summed E-state index contributed by atoms with van der Waals surface area (Å²) in [6.45, 7) is 1.95. The lowest BCUT2D eigenvalue weighted by atomic mass is 9.93. The minimum Gasteiger partial charge on any atom is -0.481 e. The third-order valence-corrected chi connectivity index (χ3v) is 2.71. The highest BCUT2D eigenvalue weighted by molar-refractivity contribution is 6.34. The Hall–Kier alpha value is -0.730. The average molecular weight is 247 g/mol. The first kappa shape index (κ1) is 12.3. The van der Waals surface area contributed by atoms with Crippen LogP contribution in [0.25, 0.3) is 0 Å². The summed E-state index contributed by atoms with van der Waals surface area (Å²) in [5, 5.41) is 9.83. The maximum absolute atomic E-state index is 10.6. The molecule has 1 aromatic carbocycles. The molecule has 1 N–H and O–H groups in total. The van der Waals surface area contributed by atoms with Crippen LogP contribution in [0, 0.1) is 0 Å². The highest BCUT2D eigenvalue weighted by Crippen LogP contribution is 2.28. The van der Waals surface area contributed by atoms with Crippen LogP contribution in [0.5, 0.6) is 0 Å². The molecule has 0 bridgehead atoms. The highest BCUT2D eigenvalue weighted by Gasteiger charge is 2.14. The van der Waals surface area contributed by atoms with Gasteiger partial charge in [-0.05, 0) is 36.1 Å². The van der Waals surface area contributed by atoms with Crippen LogP contribution in [-0.2, 0) is 4.79 Å². The number of aliphatic carboxylic acids is 1. The highest BCUT2D eigenvalue weighted by atomic mass is 35.5. The van der Waals surface area contributed by atoms with Gasteiger partial charge in [-0.15, -0.1) is 0 Å². The second kappa shape index (κ2) is 5.38. The number of rotatable bonds is 4. The fourth-order valence-electron chi connectivity index (χ4n) is 1.52. The van der Waals surface area contributed by atoms with Crippen molar-refractivity contribution >= 4 is 29.2 Å². The van der Waals surface area contributed by atoms with Gasteiger partial charge < -0.3 is 5.11 Å². The summed E-state index contributed by atoms with van der Waals surface area (Å²) in [7, 11) is 0. The van der Waals surface area contributed by atoms with E-state index >= 15 is 0 Å². The minimum absolute atomic E-state index is 0.0290. The first-order valence-electron chi connectivity index (χ1n) is 4.70. The van der Waals surface area contributed by atoms with Crippen LogP contribution in [0.4, 0.5) is 0 Å². The first-order chi connectivity index (χ1) is 7.02. The summed E-state index contributed by atoms with van der Waals surface area (Å²) in [6, 6.07) is 5.18. The number of hydrogen-bond acceptors (Lipinski definition) is 1. The quantitative estimate of drug-likeness (QED) is 0.874. The molecule has 0 amide bonds. The lowest BCUT2D eigenvalue weighted by molar-refractivity contribution is -0.137. The van der Waals surface area contributed by atoms with Crippen LogP contribution in [0.2, 0.25) is 10.0 Å². The summed E-state index contributed by atoms with van der Waals surface area (Å²) in [6.07, 6.45) is 0.857. The van der Waals surface area contributed by atoms with Crippen LogP contribution in [0.15, 0.2) is 18.2 Å². The number of carboxylic acids is 1. The van der Waals surface area contributed by atoms with Crippen molar-refractivity contribution in [3.63, 3.8) is 0 Å². The Bertz CT molecular complexity index is 343. The van der Waals surface area contributed by atoms with E-state index in [2.05, 4.69) is 0 Å². The molecule has 0 spiro atoms. The summed E-state index contributed by atoms with van der Waals surface area (Å²) in [4.78, 5) is 10.6. The third kappa shape index (κ3) is 3.73. The Kier molecular flexibility index (Phi) is 4.43. The van der Waals surface area contributed by atoms with Gasteiger partial charge in [0.15, 0.2) is 0 Å². The van der Waals surface area contributed by atoms with E-state index in [1.165, 1.54) is 0 Å². The minimum atomic E-state index is -0.807. The van der Waals surface area contributed by atoms with Gasteiger partial charge in [-0.25, -0.2) is 0 Å². The van der Waals surface area contributed by atoms with E-state index in [9.17, 15) is 4.79 Å². The van der Waals surface area contributed by atoms with E-state index in [1.54, 1.807) is 18.2 Å². The molecule has 0 radical (unpaired) electrons. The number of halogens is 2. The summed E-state index contributed by atoms with van der Waals surface area (Å²) in [5.74, 6) is -0.836. The molecule has 1 rings (SSSR count). The zero-order valence-corrected chi connectivity index (χ0v) is 9.85. The standard InChI is InChI=1S/C11H12Cl2O2/c1-2-7(5-11(14)15)8-3-9(12)6-10(13)4-8/h3-4,6-7H,2,5H2,1H3,(H,14,15). The Morgan fingerprint density at radius 1 is 1.33 bits per heavy atom. The zero-order valence-electron chi connectivity index (χ0n) is 8.34. The molecule has 0 saturated heterocycles. The normalized spacial score (nSPS) is 12.5. The van der Waals surface area contributed by atoms with Gasteiger partial charge in [-0.1, -0.05) is 30.1 Å². The number of carbonyl (C=O) groups is 1. The summed E-state index contributed by atoms with van der Waals surface area (Å²) in [5.41, 5.74) is 0.886. The van der Waals surface area contributed by atoms with Crippen molar-refractivity contribution in [1.29, 1.82) is 0 Å². The predicted octanol–water partition coefficient (Wildman–Crippen LogP) is 3.96. The van der Waals surface area contributed by atoms with Crippen molar-refractivity contribution in [3.05, 3.63) is 33.8 Å². The molecule has 0 aliphatic heterocycles. The number of benzene rings is 1. The Morgan fingerprint density at radius 2 is 1.87 bits per heavy atom. The molecular weight excluding hydrogens is 235 g/mol. The van der Waals surface area contributed by atoms with Crippen molar-refractivity contribution in [3.8, 4) is 0 Å². The average Bonchev–Trinajstić information content (AvgIpc) is 2.12. The lowest BCUT2D eigenvalue weighted by Crippen LogP contribution is -2.05. The largest absolute Gasteiger partial charge is 0.481 e. The fourth-order valence-corrected chi connectivity index (χ4v) is 2.06.